The summed E-state index contributed by atoms with van der Waals surface area (Å²) in [5, 5.41) is 6.15. The minimum atomic E-state index is -4.88. The van der Waals surface area contributed by atoms with Gasteiger partial charge in [-0.15, -0.1) is 6.58 Å². The summed E-state index contributed by atoms with van der Waals surface area (Å²) in [6.45, 7) is 10.1. The molecule has 2 heterocycles. The zero-order valence-corrected chi connectivity index (χ0v) is 35.0. The monoisotopic (exact) mass is 865 g/mol. The van der Waals surface area contributed by atoms with E-state index in [1.54, 1.807) is 45.0 Å². The van der Waals surface area contributed by atoms with Crippen molar-refractivity contribution in [3.63, 3.8) is 0 Å². The Bertz CT molecular complexity index is 2510. The zero-order chi connectivity index (χ0) is 44.3. The standard InChI is InChI=1S/C44H47F4N5O7S/c1-7-26-23-43(26,40(56)52-61(57,58)42(5)15-16-42)51-38(54)35-21-31(60-36-22-33(25-11-9-8-10-12-25)50-34-20-30(59-6)13-14-32(34)36)24-53(35)39(55)37(41(2,3)4)49-29-18-27(44(46,47)48)17-28(45)19-29/h7-14,17-20,22,26,31,35,37,49H,1,15-16,21,23-24H2,2-6H3,(H,51,54)(H,52,56). The van der Waals surface area contributed by atoms with Crippen molar-refractivity contribution >= 4 is 44.3 Å². The van der Waals surface area contributed by atoms with Crippen LogP contribution in [0.2, 0.25) is 0 Å². The fraction of sp³-hybridized carbons (Fsp3) is 0.409. The van der Waals surface area contributed by atoms with Gasteiger partial charge in [-0.1, -0.05) is 57.2 Å². The molecule has 3 amide bonds. The maximum atomic E-state index is 14.9. The van der Waals surface area contributed by atoms with Crippen LogP contribution in [0.4, 0.5) is 23.2 Å². The van der Waals surface area contributed by atoms with Crippen LogP contribution < -0.4 is 24.8 Å². The summed E-state index contributed by atoms with van der Waals surface area (Å²) in [4.78, 5) is 49.2. The molecule has 7 rings (SSSR count). The molecule has 3 aromatic carbocycles. The number of halogens is 4. The summed E-state index contributed by atoms with van der Waals surface area (Å²) in [5.41, 5.74) is -2.40. The summed E-state index contributed by atoms with van der Waals surface area (Å²) < 4.78 is 95.2. The molecule has 1 aromatic heterocycles. The number of rotatable bonds is 13. The Morgan fingerprint density at radius 3 is 2.33 bits per heavy atom. The molecule has 324 valence electrons. The number of methoxy groups -OCH3 is 1. The van der Waals surface area contributed by atoms with E-state index in [0.29, 0.717) is 53.1 Å². The molecule has 5 unspecified atom stereocenters. The van der Waals surface area contributed by atoms with Gasteiger partial charge in [0.1, 0.15) is 41.0 Å². The predicted octanol–water partition coefficient (Wildman–Crippen LogP) is 7.00. The van der Waals surface area contributed by atoms with E-state index in [0.717, 1.165) is 11.6 Å². The number of alkyl halides is 3. The van der Waals surface area contributed by atoms with Crippen LogP contribution >= 0.6 is 0 Å². The summed E-state index contributed by atoms with van der Waals surface area (Å²) in [7, 11) is -2.57. The van der Waals surface area contributed by atoms with E-state index in [1.165, 1.54) is 25.0 Å². The molecule has 3 aliphatic rings. The lowest BCUT2D eigenvalue weighted by Gasteiger charge is -2.36. The number of benzene rings is 3. The van der Waals surface area contributed by atoms with Gasteiger partial charge in [0.15, 0.2) is 0 Å². The minimum absolute atomic E-state index is 0.0446. The lowest BCUT2D eigenvalue weighted by molar-refractivity contribution is -0.141. The molecule has 2 saturated carbocycles. The van der Waals surface area contributed by atoms with Crippen LogP contribution in [0, 0.1) is 17.2 Å². The Balaban J connectivity index is 1.25. The number of sulfonamides is 1. The van der Waals surface area contributed by atoms with Crippen molar-refractivity contribution in [2.45, 2.75) is 88.0 Å². The van der Waals surface area contributed by atoms with Crippen molar-refractivity contribution < 1.29 is 49.8 Å². The molecular weight excluding hydrogens is 819 g/mol. The van der Waals surface area contributed by atoms with E-state index in [9.17, 15) is 40.4 Å². The lowest BCUT2D eigenvalue weighted by atomic mass is 9.85. The Labute approximate surface area is 351 Å². The third-order valence-electron chi connectivity index (χ3n) is 11.7. The minimum Gasteiger partial charge on any atom is -0.497 e. The zero-order valence-electron chi connectivity index (χ0n) is 34.2. The number of nitrogens with one attached hydrogen (secondary N) is 3. The highest BCUT2D eigenvalue weighted by molar-refractivity contribution is 7.91. The first kappa shape index (κ1) is 43.4. The molecule has 17 heteroatoms. The number of ether oxygens (including phenoxy) is 2. The van der Waals surface area contributed by atoms with Crippen molar-refractivity contribution in [3.8, 4) is 22.8 Å². The van der Waals surface area contributed by atoms with Crippen molar-refractivity contribution in [1.82, 2.24) is 19.9 Å². The van der Waals surface area contributed by atoms with E-state index >= 15 is 0 Å². The molecule has 12 nitrogen and oxygen atoms in total. The first-order valence-corrected chi connectivity index (χ1v) is 21.2. The second-order valence-corrected chi connectivity index (χ2v) is 19.5. The van der Waals surface area contributed by atoms with Gasteiger partial charge in [-0.05, 0) is 61.9 Å². The SMILES string of the molecule is C=CC1CC1(NC(=O)C1CC(Oc2cc(-c3ccccc3)nc3cc(OC)ccc23)CN1C(=O)C(Nc1cc(F)cc(C(F)(F)F)c1)C(C)(C)C)C(=O)NS(=O)(=O)C1(C)CC1. The number of anilines is 1. The van der Waals surface area contributed by atoms with Gasteiger partial charge in [-0.2, -0.15) is 13.2 Å². The lowest BCUT2D eigenvalue weighted by Crippen LogP contribution is -2.59. The molecule has 3 fully saturated rings. The van der Waals surface area contributed by atoms with Crippen LogP contribution in [0.1, 0.15) is 58.9 Å². The molecule has 1 saturated heterocycles. The van der Waals surface area contributed by atoms with Crippen molar-refractivity contribution in [3.05, 3.63) is 96.8 Å². The molecule has 2 aliphatic carbocycles. The van der Waals surface area contributed by atoms with Crippen LogP contribution in [-0.4, -0.2) is 78.2 Å². The largest absolute Gasteiger partial charge is 0.497 e. The average Bonchev–Trinajstić information content (AvgIpc) is 4.09. The fourth-order valence-electron chi connectivity index (χ4n) is 7.65. The van der Waals surface area contributed by atoms with Gasteiger partial charge < -0.3 is 25.0 Å². The second-order valence-electron chi connectivity index (χ2n) is 17.3. The number of likely N-dealkylation sites (tertiary alicyclic amines) is 1. The Morgan fingerprint density at radius 1 is 1.02 bits per heavy atom. The summed E-state index contributed by atoms with van der Waals surface area (Å²) >= 11 is 0. The smallest absolute Gasteiger partial charge is 0.416 e. The van der Waals surface area contributed by atoms with Gasteiger partial charge in [0.05, 0.1) is 35.2 Å². The first-order chi connectivity index (χ1) is 28.6. The number of pyridine rings is 1. The highest BCUT2D eigenvalue weighted by Crippen LogP contribution is 2.47. The molecule has 1 aliphatic heterocycles. The number of aromatic nitrogens is 1. The van der Waals surface area contributed by atoms with Gasteiger partial charge in [0.2, 0.25) is 21.8 Å². The quantitative estimate of drug-likeness (QED) is 0.0952. The topological polar surface area (TPSA) is 156 Å². The summed E-state index contributed by atoms with van der Waals surface area (Å²) in [5.74, 6) is -3.34. The maximum Gasteiger partial charge on any atom is 0.416 e. The third-order valence-corrected chi connectivity index (χ3v) is 13.9. The van der Waals surface area contributed by atoms with Crippen LogP contribution in [0.3, 0.4) is 0 Å². The Kier molecular flexibility index (Phi) is 11.1. The first-order valence-electron chi connectivity index (χ1n) is 19.7. The molecule has 61 heavy (non-hydrogen) atoms. The average molecular weight is 866 g/mol. The van der Waals surface area contributed by atoms with Crippen LogP contribution in [0.15, 0.2) is 85.5 Å². The number of amides is 3. The third kappa shape index (κ3) is 8.74. The Hall–Kier alpha value is -5.71. The van der Waals surface area contributed by atoms with Gasteiger partial charge in [-0.25, -0.2) is 17.8 Å². The number of carbonyl (C=O) groups excluding carboxylic acids is 3. The molecule has 5 atom stereocenters. The van der Waals surface area contributed by atoms with Crippen molar-refractivity contribution in [2.75, 3.05) is 19.0 Å². The summed E-state index contributed by atoms with van der Waals surface area (Å²) in [6.07, 6.45) is -3.64. The molecule has 0 radical (unpaired) electrons. The van der Waals surface area contributed by atoms with Crippen molar-refractivity contribution in [1.29, 1.82) is 0 Å². The number of carbonyl (C=O) groups is 3. The molecule has 3 N–H and O–H groups in total. The molecular formula is C44H47F4N5O7S. The van der Waals surface area contributed by atoms with Crippen LogP contribution in [0.25, 0.3) is 22.2 Å². The van der Waals surface area contributed by atoms with Gasteiger partial charge in [0.25, 0.3) is 5.91 Å². The van der Waals surface area contributed by atoms with Gasteiger partial charge >= 0.3 is 6.18 Å². The molecule has 0 bridgehead atoms. The normalized spacial score (nSPS) is 22.5. The molecule has 4 aromatic rings. The van der Waals surface area contributed by atoms with E-state index in [4.69, 9.17) is 14.5 Å². The van der Waals surface area contributed by atoms with Crippen molar-refractivity contribution in [2.24, 2.45) is 11.3 Å². The van der Waals surface area contributed by atoms with E-state index in [-0.39, 0.29) is 25.1 Å². The van der Waals surface area contributed by atoms with E-state index in [1.807, 2.05) is 30.3 Å². The molecule has 0 spiro atoms. The van der Waals surface area contributed by atoms with Gasteiger partial charge in [-0.3, -0.25) is 19.1 Å². The Morgan fingerprint density at radius 2 is 1.72 bits per heavy atom. The van der Waals surface area contributed by atoms with Crippen LogP contribution in [-0.2, 0) is 30.6 Å². The maximum absolute atomic E-state index is 14.9. The predicted molar refractivity (Wildman–Crippen MR) is 220 cm³/mol. The number of nitrogens with zero attached hydrogens (tertiary/aromatic N) is 2. The van der Waals surface area contributed by atoms with Gasteiger partial charge in [0, 0.05) is 41.1 Å². The van der Waals surface area contributed by atoms with Crippen LogP contribution in [0.5, 0.6) is 11.5 Å². The van der Waals surface area contributed by atoms with E-state index in [2.05, 4.69) is 21.9 Å². The fourth-order valence-corrected chi connectivity index (χ4v) is 8.96. The second kappa shape index (κ2) is 15.6. The number of hydrogen-bond acceptors (Lipinski definition) is 9. The van der Waals surface area contributed by atoms with E-state index < -0.39 is 85.1 Å². The summed E-state index contributed by atoms with van der Waals surface area (Å²) in [6, 6.07) is 15.6. The highest BCUT2D eigenvalue weighted by Gasteiger charge is 2.63. The number of hydrogen-bond donors (Lipinski definition) is 3. The number of fused-ring (bicyclic) bond motifs is 1. The highest BCUT2D eigenvalue weighted by atomic mass is 32.2.